The highest BCUT2D eigenvalue weighted by Gasteiger charge is 2.21. The standard InChI is InChI=1S/C16H22N4O/c1-13-18-14(11-19(13)2)12-20-8-5-15(6-9-20)21-16-4-3-7-17-10-16/h3-4,7,10-11,15H,5-6,8-9,12H2,1-2H3. The molecule has 0 bridgehead atoms. The molecular weight excluding hydrogens is 264 g/mol. The Labute approximate surface area is 125 Å². The van der Waals surface area contributed by atoms with Crippen LogP contribution in [-0.2, 0) is 13.6 Å². The maximum Gasteiger partial charge on any atom is 0.137 e. The smallest absolute Gasteiger partial charge is 0.137 e. The third-order valence-electron chi connectivity index (χ3n) is 4.02. The number of piperidine rings is 1. The third-order valence-corrected chi connectivity index (χ3v) is 4.02. The average Bonchev–Trinajstić information content (AvgIpc) is 2.80. The van der Waals surface area contributed by atoms with Gasteiger partial charge in [-0.25, -0.2) is 4.98 Å². The Kier molecular flexibility index (Phi) is 4.20. The topological polar surface area (TPSA) is 43.2 Å². The summed E-state index contributed by atoms with van der Waals surface area (Å²) in [4.78, 5) is 11.1. The van der Waals surface area contributed by atoms with Crippen LogP contribution < -0.4 is 4.74 Å². The summed E-state index contributed by atoms with van der Waals surface area (Å²) in [6.45, 7) is 5.08. The first kappa shape index (κ1) is 14.1. The van der Waals surface area contributed by atoms with Crippen LogP contribution in [0.5, 0.6) is 5.75 Å². The summed E-state index contributed by atoms with van der Waals surface area (Å²) in [5.74, 6) is 1.94. The molecule has 21 heavy (non-hydrogen) atoms. The zero-order chi connectivity index (χ0) is 14.7. The molecule has 2 aromatic rings. The number of hydrogen-bond donors (Lipinski definition) is 0. The van der Waals surface area contributed by atoms with Crippen LogP contribution in [-0.4, -0.2) is 38.6 Å². The molecule has 0 aliphatic carbocycles. The Morgan fingerprint density at radius 1 is 1.33 bits per heavy atom. The van der Waals surface area contributed by atoms with Crippen LogP contribution in [0.15, 0.2) is 30.7 Å². The van der Waals surface area contributed by atoms with Crippen LogP contribution in [0, 0.1) is 6.92 Å². The van der Waals surface area contributed by atoms with Gasteiger partial charge in [0.25, 0.3) is 0 Å². The first-order valence-electron chi connectivity index (χ1n) is 7.48. The molecule has 1 fully saturated rings. The minimum atomic E-state index is 0.302. The lowest BCUT2D eigenvalue weighted by molar-refractivity contribution is 0.0959. The van der Waals surface area contributed by atoms with Crippen LogP contribution >= 0.6 is 0 Å². The van der Waals surface area contributed by atoms with E-state index in [4.69, 9.17) is 4.74 Å². The second-order valence-electron chi connectivity index (χ2n) is 5.67. The van der Waals surface area contributed by atoms with E-state index in [1.165, 1.54) is 0 Å². The molecule has 0 amide bonds. The van der Waals surface area contributed by atoms with E-state index in [-0.39, 0.29) is 0 Å². The van der Waals surface area contributed by atoms with Gasteiger partial charge < -0.3 is 9.30 Å². The first-order chi connectivity index (χ1) is 10.2. The van der Waals surface area contributed by atoms with E-state index in [1.54, 1.807) is 12.4 Å². The van der Waals surface area contributed by atoms with Gasteiger partial charge in [-0.3, -0.25) is 9.88 Å². The fourth-order valence-electron chi connectivity index (χ4n) is 2.73. The van der Waals surface area contributed by atoms with E-state index >= 15 is 0 Å². The molecule has 0 N–H and O–H groups in total. The van der Waals surface area contributed by atoms with Crippen molar-refractivity contribution in [2.75, 3.05) is 13.1 Å². The quantitative estimate of drug-likeness (QED) is 0.864. The van der Waals surface area contributed by atoms with Gasteiger partial charge in [0.1, 0.15) is 17.7 Å². The van der Waals surface area contributed by atoms with Gasteiger partial charge in [0.15, 0.2) is 0 Å². The summed E-state index contributed by atoms with van der Waals surface area (Å²) < 4.78 is 8.05. The normalized spacial score (nSPS) is 17.0. The number of aryl methyl sites for hydroxylation is 2. The molecule has 0 radical (unpaired) electrons. The number of nitrogens with zero attached hydrogens (tertiary/aromatic N) is 4. The van der Waals surface area contributed by atoms with E-state index in [0.29, 0.717) is 6.10 Å². The maximum atomic E-state index is 5.97. The van der Waals surface area contributed by atoms with Gasteiger partial charge in [-0.1, -0.05) is 0 Å². The van der Waals surface area contributed by atoms with Gasteiger partial charge in [0, 0.05) is 39.1 Å². The Morgan fingerprint density at radius 2 is 2.14 bits per heavy atom. The van der Waals surface area contributed by atoms with E-state index in [0.717, 1.165) is 49.7 Å². The lowest BCUT2D eigenvalue weighted by Gasteiger charge is -2.31. The minimum Gasteiger partial charge on any atom is -0.489 e. The number of aromatic nitrogens is 3. The summed E-state index contributed by atoms with van der Waals surface area (Å²) in [7, 11) is 2.04. The summed E-state index contributed by atoms with van der Waals surface area (Å²) in [6.07, 6.45) is 8.08. The van der Waals surface area contributed by atoms with E-state index in [2.05, 4.69) is 25.6 Å². The van der Waals surface area contributed by atoms with E-state index in [9.17, 15) is 0 Å². The Morgan fingerprint density at radius 3 is 2.76 bits per heavy atom. The van der Waals surface area contributed by atoms with Crippen molar-refractivity contribution in [1.29, 1.82) is 0 Å². The van der Waals surface area contributed by atoms with Gasteiger partial charge in [-0.05, 0) is 31.9 Å². The number of hydrogen-bond acceptors (Lipinski definition) is 4. The lowest BCUT2D eigenvalue weighted by Crippen LogP contribution is -2.37. The lowest BCUT2D eigenvalue weighted by atomic mass is 10.1. The number of rotatable bonds is 4. The fraction of sp³-hybridized carbons (Fsp3) is 0.500. The molecule has 5 heteroatoms. The number of imidazole rings is 1. The average molecular weight is 286 g/mol. The molecule has 1 saturated heterocycles. The van der Waals surface area contributed by atoms with Crippen molar-refractivity contribution >= 4 is 0 Å². The number of ether oxygens (including phenoxy) is 1. The molecule has 3 heterocycles. The first-order valence-corrected chi connectivity index (χ1v) is 7.48. The largest absolute Gasteiger partial charge is 0.489 e. The highest BCUT2D eigenvalue weighted by molar-refractivity contribution is 5.16. The van der Waals surface area contributed by atoms with Crippen molar-refractivity contribution in [3.63, 3.8) is 0 Å². The summed E-state index contributed by atoms with van der Waals surface area (Å²) in [6, 6.07) is 3.88. The van der Waals surface area contributed by atoms with Crippen molar-refractivity contribution in [2.24, 2.45) is 7.05 Å². The minimum absolute atomic E-state index is 0.302. The van der Waals surface area contributed by atoms with Crippen LogP contribution in [0.1, 0.15) is 24.4 Å². The second-order valence-corrected chi connectivity index (χ2v) is 5.67. The van der Waals surface area contributed by atoms with Gasteiger partial charge >= 0.3 is 0 Å². The summed E-state index contributed by atoms with van der Waals surface area (Å²) in [5.41, 5.74) is 1.15. The molecule has 2 aromatic heterocycles. The molecule has 5 nitrogen and oxygen atoms in total. The van der Waals surface area contributed by atoms with Gasteiger partial charge in [0.2, 0.25) is 0 Å². The van der Waals surface area contributed by atoms with Gasteiger partial charge in [-0.15, -0.1) is 0 Å². The molecule has 3 rings (SSSR count). The second kappa shape index (κ2) is 6.26. The van der Waals surface area contributed by atoms with Crippen molar-refractivity contribution in [2.45, 2.75) is 32.4 Å². The van der Waals surface area contributed by atoms with Crippen molar-refractivity contribution in [3.05, 3.63) is 42.2 Å². The monoisotopic (exact) mass is 286 g/mol. The fourth-order valence-corrected chi connectivity index (χ4v) is 2.73. The van der Waals surface area contributed by atoms with Crippen molar-refractivity contribution in [1.82, 2.24) is 19.4 Å². The van der Waals surface area contributed by atoms with Crippen LogP contribution in [0.2, 0.25) is 0 Å². The zero-order valence-corrected chi connectivity index (χ0v) is 12.7. The van der Waals surface area contributed by atoms with Crippen molar-refractivity contribution in [3.8, 4) is 5.75 Å². The molecule has 0 saturated carbocycles. The molecule has 0 unspecified atom stereocenters. The van der Waals surface area contributed by atoms with Crippen LogP contribution in [0.25, 0.3) is 0 Å². The SMILES string of the molecule is Cc1nc(CN2CCC(Oc3cccnc3)CC2)cn1C. The number of pyridine rings is 1. The molecule has 112 valence electrons. The van der Waals surface area contributed by atoms with Crippen molar-refractivity contribution < 1.29 is 4.74 Å². The zero-order valence-electron chi connectivity index (χ0n) is 12.7. The molecule has 0 spiro atoms. The van der Waals surface area contributed by atoms with Crippen LogP contribution in [0.3, 0.4) is 0 Å². The van der Waals surface area contributed by atoms with Gasteiger partial charge in [-0.2, -0.15) is 0 Å². The van der Waals surface area contributed by atoms with E-state index < -0.39 is 0 Å². The number of likely N-dealkylation sites (tertiary alicyclic amines) is 1. The summed E-state index contributed by atoms with van der Waals surface area (Å²) >= 11 is 0. The molecule has 1 aliphatic rings. The Balaban J connectivity index is 1.49. The molecular formula is C16H22N4O. The predicted octanol–water partition coefficient (Wildman–Crippen LogP) is 2.17. The predicted molar refractivity (Wildman–Crippen MR) is 81.1 cm³/mol. The molecule has 1 aliphatic heterocycles. The van der Waals surface area contributed by atoms with E-state index in [1.807, 2.05) is 26.1 Å². The molecule has 0 atom stereocenters. The maximum absolute atomic E-state index is 5.97. The van der Waals surface area contributed by atoms with Crippen LogP contribution in [0.4, 0.5) is 0 Å². The summed E-state index contributed by atoms with van der Waals surface area (Å²) in [5, 5.41) is 0. The highest BCUT2D eigenvalue weighted by Crippen LogP contribution is 2.19. The third kappa shape index (κ3) is 3.61. The Bertz CT molecular complexity index is 554. The highest BCUT2D eigenvalue weighted by atomic mass is 16.5. The Hall–Kier alpha value is -1.88. The molecule has 0 aromatic carbocycles. The van der Waals surface area contributed by atoms with Gasteiger partial charge in [0.05, 0.1) is 11.9 Å².